The van der Waals surface area contributed by atoms with E-state index in [2.05, 4.69) is 84.9 Å². The zero-order chi connectivity index (χ0) is 36.0. The van der Waals surface area contributed by atoms with Crippen molar-refractivity contribution >= 4 is 11.8 Å². The SMILES string of the molecule is CC(c1ccccc1)N(C)CC1CC(c2ccc(CO)cc2)OC(c2ccc(-c3cccc(CNC(=O)CCCCCCC(=O)NO)c3)cc2)O1. The summed E-state index contributed by atoms with van der Waals surface area (Å²) in [4.78, 5) is 25.8. The van der Waals surface area contributed by atoms with Gasteiger partial charge in [-0.15, -0.1) is 0 Å². The lowest BCUT2D eigenvalue weighted by Crippen LogP contribution is -2.38. The number of aliphatic hydroxyl groups excluding tert-OH is 1. The molecule has 270 valence electrons. The van der Waals surface area contributed by atoms with E-state index in [9.17, 15) is 14.7 Å². The number of hydrogen-bond acceptors (Lipinski definition) is 7. The van der Waals surface area contributed by atoms with Crippen LogP contribution in [0.3, 0.4) is 0 Å². The Balaban J connectivity index is 1.20. The highest BCUT2D eigenvalue weighted by molar-refractivity contribution is 5.76. The molecule has 4 atom stereocenters. The normalized spacial score (nSPS) is 17.9. The van der Waals surface area contributed by atoms with Crippen molar-refractivity contribution in [3.63, 3.8) is 0 Å². The predicted octanol–water partition coefficient (Wildman–Crippen LogP) is 7.55. The maximum atomic E-state index is 12.4. The van der Waals surface area contributed by atoms with Crippen LogP contribution in [0.4, 0.5) is 0 Å². The first-order valence-electron chi connectivity index (χ1n) is 18.0. The van der Waals surface area contributed by atoms with Gasteiger partial charge in [-0.05, 0) is 66.3 Å². The fraction of sp³-hybridized carbons (Fsp3) is 0.381. The molecule has 0 saturated carbocycles. The van der Waals surface area contributed by atoms with Gasteiger partial charge < -0.3 is 19.9 Å². The number of benzene rings is 4. The third kappa shape index (κ3) is 11.3. The number of carbonyl (C=O) groups excluding carboxylic acids is 2. The molecule has 0 spiro atoms. The van der Waals surface area contributed by atoms with E-state index in [0.29, 0.717) is 32.2 Å². The molecule has 51 heavy (non-hydrogen) atoms. The summed E-state index contributed by atoms with van der Waals surface area (Å²) in [6.07, 6.45) is 3.84. The van der Waals surface area contributed by atoms with Crippen molar-refractivity contribution in [3.8, 4) is 11.1 Å². The van der Waals surface area contributed by atoms with Crippen LogP contribution in [0.25, 0.3) is 11.1 Å². The highest BCUT2D eigenvalue weighted by Gasteiger charge is 2.33. The highest BCUT2D eigenvalue weighted by Crippen LogP contribution is 2.39. The van der Waals surface area contributed by atoms with Crippen molar-refractivity contribution in [2.75, 3.05) is 13.6 Å². The van der Waals surface area contributed by atoms with Crippen LogP contribution in [0.2, 0.25) is 0 Å². The van der Waals surface area contributed by atoms with Crippen LogP contribution in [-0.4, -0.2) is 46.7 Å². The Morgan fingerprint density at radius 2 is 1.47 bits per heavy atom. The van der Waals surface area contributed by atoms with Gasteiger partial charge >= 0.3 is 0 Å². The first kappa shape index (κ1) is 37.9. The van der Waals surface area contributed by atoms with Crippen molar-refractivity contribution in [3.05, 3.63) is 131 Å². The Hall–Kier alpha value is -4.38. The summed E-state index contributed by atoms with van der Waals surface area (Å²) in [7, 11) is 2.14. The third-order valence-electron chi connectivity index (χ3n) is 9.66. The van der Waals surface area contributed by atoms with Crippen LogP contribution < -0.4 is 10.8 Å². The molecule has 4 N–H and O–H groups in total. The molecule has 2 amide bonds. The molecule has 1 aliphatic heterocycles. The van der Waals surface area contributed by atoms with Gasteiger partial charge in [-0.25, -0.2) is 5.48 Å². The average molecular weight is 694 g/mol. The van der Waals surface area contributed by atoms with Gasteiger partial charge in [-0.2, -0.15) is 0 Å². The van der Waals surface area contributed by atoms with E-state index < -0.39 is 6.29 Å². The van der Waals surface area contributed by atoms with Crippen molar-refractivity contribution in [2.24, 2.45) is 0 Å². The van der Waals surface area contributed by atoms with Crippen LogP contribution in [0, 0.1) is 0 Å². The molecule has 0 radical (unpaired) electrons. The molecule has 1 saturated heterocycles. The number of nitrogens with zero attached hydrogens (tertiary/aromatic N) is 1. The lowest BCUT2D eigenvalue weighted by Gasteiger charge is -2.39. The van der Waals surface area contributed by atoms with Crippen molar-refractivity contribution in [1.82, 2.24) is 15.7 Å². The first-order valence-corrected chi connectivity index (χ1v) is 18.0. The van der Waals surface area contributed by atoms with E-state index in [1.54, 1.807) is 5.48 Å². The number of ether oxygens (including phenoxy) is 2. The van der Waals surface area contributed by atoms with E-state index in [-0.39, 0.29) is 36.7 Å². The second kappa shape index (κ2) is 19.3. The molecular weight excluding hydrogens is 642 g/mol. The number of hydrogen-bond donors (Lipinski definition) is 4. The quantitative estimate of drug-likeness (QED) is 0.0512. The maximum absolute atomic E-state index is 12.4. The summed E-state index contributed by atoms with van der Waals surface area (Å²) in [6, 6.07) is 35.2. The molecule has 9 nitrogen and oxygen atoms in total. The number of rotatable bonds is 17. The van der Waals surface area contributed by atoms with Crippen LogP contribution in [-0.2, 0) is 32.2 Å². The maximum Gasteiger partial charge on any atom is 0.243 e. The van der Waals surface area contributed by atoms with Gasteiger partial charge in [0.05, 0.1) is 18.8 Å². The predicted molar refractivity (Wildman–Crippen MR) is 197 cm³/mol. The topological polar surface area (TPSA) is 120 Å². The molecule has 0 bridgehead atoms. The summed E-state index contributed by atoms with van der Waals surface area (Å²) < 4.78 is 13.2. The average Bonchev–Trinajstić information content (AvgIpc) is 3.18. The summed E-state index contributed by atoms with van der Waals surface area (Å²) in [6.45, 7) is 3.41. The van der Waals surface area contributed by atoms with Crippen molar-refractivity contribution < 1.29 is 29.4 Å². The summed E-state index contributed by atoms with van der Waals surface area (Å²) in [5.74, 6) is -0.372. The number of unbranched alkanes of at least 4 members (excludes halogenated alkanes) is 3. The summed E-state index contributed by atoms with van der Waals surface area (Å²) in [5.41, 5.74) is 8.91. The van der Waals surface area contributed by atoms with Crippen molar-refractivity contribution in [2.45, 2.75) is 89.6 Å². The molecule has 1 aliphatic rings. The Morgan fingerprint density at radius 1 is 0.784 bits per heavy atom. The summed E-state index contributed by atoms with van der Waals surface area (Å²) >= 11 is 0. The molecule has 0 aromatic heterocycles. The fourth-order valence-corrected chi connectivity index (χ4v) is 6.46. The molecule has 0 aliphatic carbocycles. The second-order valence-electron chi connectivity index (χ2n) is 13.4. The van der Waals surface area contributed by atoms with Gasteiger partial charge in [-0.1, -0.05) is 110 Å². The minimum absolute atomic E-state index is 0.00401. The zero-order valence-electron chi connectivity index (χ0n) is 29.7. The lowest BCUT2D eigenvalue weighted by molar-refractivity contribution is -0.253. The molecule has 1 heterocycles. The van der Waals surface area contributed by atoms with Crippen molar-refractivity contribution in [1.29, 1.82) is 0 Å². The van der Waals surface area contributed by atoms with E-state index in [0.717, 1.165) is 59.2 Å². The smallest absolute Gasteiger partial charge is 0.243 e. The van der Waals surface area contributed by atoms with E-state index in [4.69, 9.17) is 14.7 Å². The van der Waals surface area contributed by atoms with E-state index in [1.807, 2.05) is 42.5 Å². The Morgan fingerprint density at radius 3 is 2.16 bits per heavy atom. The van der Waals surface area contributed by atoms with Gasteiger partial charge in [-0.3, -0.25) is 19.7 Å². The number of nitrogens with one attached hydrogen (secondary N) is 2. The number of carbonyl (C=O) groups is 2. The number of hydroxylamine groups is 1. The Labute approximate surface area is 301 Å². The molecule has 4 aromatic carbocycles. The zero-order valence-corrected chi connectivity index (χ0v) is 29.7. The molecule has 5 rings (SSSR count). The Bertz CT molecular complexity index is 1660. The van der Waals surface area contributed by atoms with Crippen LogP contribution in [0.5, 0.6) is 0 Å². The monoisotopic (exact) mass is 693 g/mol. The molecule has 4 aromatic rings. The number of aliphatic hydroxyl groups is 1. The molecule has 1 fully saturated rings. The van der Waals surface area contributed by atoms with Crippen LogP contribution >= 0.6 is 0 Å². The summed E-state index contributed by atoms with van der Waals surface area (Å²) in [5, 5.41) is 21.1. The highest BCUT2D eigenvalue weighted by atomic mass is 16.7. The largest absolute Gasteiger partial charge is 0.392 e. The fourth-order valence-electron chi connectivity index (χ4n) is 6.46. The second-order valence-corrected chi connectivity index (χ2v) is 13.4. The molecule has 9 heteroatoms. The van der Waals surface area contributed by atoms with Gasteiger partial charge in [0.2, 0.25) is 11.8 Å². The van der Waals surface area contributed by atoms with Crippen LogP contribution in [0.1, 0.15) is 98.1 Å². The van der Waals surface area contributed by atoms with Gasteiger partial charge in [0.1, 0.15) is 0 Å². The van der Waals surface area contributed by atoms with Gasteiger partial charge in [0.25, 0.3) is 0 Å². The third-order valence-corrected chi connectivity index (χ3v) is 9.66. The standard InChI is InChI=1S/C42H51N3O6/c1-30(33-12-6-5-7-13-33)45(2)28-38-26-39(35-19-17-31(29-46)18-20-35)51-42(50-38)36-23-21-34(22-24-36)37-14-10-11-32(25-37)27-43-40(47)15-8-3-4-9-16-41(48)44-49/h5-7,10-14,17-25,30,38-39,42,46,49H,3-4,8-9,15-16,26-29H2,1-2H3,(H,43,47)(H,44,48). The molecular formula is C42H51N3O6. The minimum atomic E-state index is -0.540. The van der Waals surface area contributed by atoms with Gasteiger partial charge in [0, 0.05) is 44.0 Å². The Kier molecular flexibility index (Phi) is 14.3. The number of amides is 2. The van der Waals surface area contributed by atoms with Crippen LogP contribution in [0.15, 0.2) is 103 Å². The van der Waals surface area contributed by atoms with E-state index in [1.165, 1.54) is 5.56 Å². The number of likely N-dealkylation sites (N-methyl/N-ethyl adjacent to an activating group) is 1. The van der Waals surface area contributed by atoms with E-state index >= 15 is 0 Å². The molecule has 4 unspecified atom stereocenters. The lowest BCUT2D eigenvalue weighted by atomic mass is 9.98. The van der Waals surface area contributed by atoms with Gasteiger partial charge in [0.15, 0.2) is 6.29 Å². The first-order chi connectivity index (χ1) is 24.8. The minimum Gasteiger partial charge on any atom is -0.392 e.